The summed E-state index contributed by atoms with van der Waals surface area (Å²) in [5, 5.41) is 10.8. The quantitative estimate of drug-likeness (QED) is 0.541. The molecule has 1 amide bonds. The van der Waals surface area contributed by atoms with Crippen molar-refractivity contribution in [2.24, 2.45) is 0 Å². The zero-order valence-corrected chi connectivity index (χ0v) is 17.5. The number of nitro benzene ring substituents is 1. The predicted molar refractivity (Wildman–Crippen MR) is 117 cm³/mol. The molecule has 2 heterocycles. The first-order valence-corrected chi connectivity index (χ1v) is 10.6. The normalized spacial score (nSPS) is 21.2. The minimum atomic E-state index is -0.399. The maximum atomic E-state index is 13.0. The van der Waals surface area contributed by atoms with Crippen molar-refractivity contribution in [2.75, 3.05) is 37.7 Å². The molecule has 2 aliphatic heterocycles. The second-order valence-electron chi connectivity index (χ2n) is 7.72. The number of non-ortho nitro benzene ring substituents is 1. The fourth-order valence-corrected chi connectivity index (χ4v) is 4.09. The first kappa shape index (κ1) is 21.1. The van der Waals surface area contributed by atoms with Crippen LogP contribution in [0.2, 0.25) is 0 Å². The minimum absolute atomic E-state index is 0.0750. The van der Waals surface area contributed by atoms with Crippen LogP contribution >= 0.6 is 0 Å². The van der Waals surface area contributed by atoms with Crippen molar-refractivity contribution in [3.05, 3.63) is 64.2 Å². The Balaban J connectivity index is 1.29. The molecule has 31 heavy (non-hydrogen) atoms. The van der Waals surface area contributed by atoms with E-state index in [0.717, 1.165) is 17.0 Å². The van der Waals surface area contributed by atoms with Gasteiger partial charge in [0, 0.05) is 50.0 Å². The molecular weight excluding hydrogens is 398 g/mol. The third-order valence-electron chi connectivity index (χ3n) is 5.81. The number of ether oxygens (including phenoxy) is 1. The van der Waals surface area contributed by atoms with E-state index >= 15 is 0 Å². The molecule has 2 atom stereocenters. The number of amides is 1. The minimum Gasteiger partial charge on any atom is -0.494 e. The number of nitrogens with zero attached hydrogens (tertiary/aromatic N) is 3. The molecule has 0 aliphatic carbocycles. The predicted octanol–water partition coefficient (Wildman–Crippen LogP) is 2.25. The molecule has 164 valence electrons. The van der Waals surface area contributed by atoms with Crippen molar-refractivity contribution in [3.63, 3.8) is 0 Å². The third-order valence-corrected chi connectivity index (χ3v) is 5.81. The highest BCUT2D eigenvalue weighted by atomic mass is 16.6. The van der Waals surface area contributed by atoms with Gasteiger partial charge in [-0.15, -0.1) is 0 Å². The highest BCUT2D eigenvalue weighted by molar-refractivity contribution is 5.82. The average molecular weight is 425 g/mol. The van der Waals surface area contributed by atoms with Crippen LogP contribution in [0.4, 0.5) is 11.4 Å². The number of rotatable bonds is 6. The fourth-order valence-electron chi connectivity index (χ4n) is 4.09. The van der Waals surface area contributed by atoms with Crippen LogP contribution in [0, 0.1) is 10.1 Å². The van der Waals surface area contributed by atoms with E-state index in [2.05, 4.69) is 15.8 Å². The molecule has 9 nitrogen and oxygen atoms in total. The molecule has 2 aromatic carbocycles. The van der Waals surface area contributed by atoms with Crippen LogP contribution in [0.25, 0.3) is 0 Å². The topological polar surface area (TPSA) is 100.0 Å². The van der Waals surface area contributed by atoms with Gasteiger partial charge in [-0.05, 0) is 43.2 Å². The monoisotopic (exact) mass is 425 g/mol. The third kappa shape index (κ3) is 4.78. The van der Waals surface area contributed by atoms with E-state index in [0.29, 0.717) is 39.2 Å². The van der Waals surface area contributed by atoms with Gasteiger partial charge in [0.25, 0.3) is 5.69 Å². The van der Waals surface area contributed by atoms with Crippen LogP contribution in [-0.2, 0) is 4.79 Å². The number of hydrogen-bond acceptors (Lipinski definition) is 7. The molecule has 0 aromatic heterocycles. The Morgan fingerprint density at radius 1 is 1.06 bits per heavy atom. The van der Waals surface area contributed by atoms with E-state index in [1.54, 1.807) is 12.1 Å². The molecule has 2 unspecified atom stereocenters. The van der Waals surface area contributed by atoms with Crippen LogP contribution in [0.5, 0.6) is 5.75 Å². The molecule has 2 fully saturated rings. The lowest BCUT2D eigenvalue weighted by Crippen LogP contribution is -2.53. The standard InChI is InChI=1S/C22H27N5O4/c1-2-31-19-9-3-16(4-10-19)20-15-21(24-23-20)22(28)26-13-11-25(12-14-26)17-5-7-18(8-6-17)27(29)30/h3-10,20-21,23-24H,2,11-15H2,1H3. The van der Waals surface area contributed by atoms with Gasteiger partial charge in [-0.2, -0.15) is 0 Å². The number of carbonyl (C=O) groups excluding carboxylic acids is 1. The highest BCUT2D eigenvalue weighted by Gasteiger charge is 2.34. The summed E-state index contributed by atoms with van der Waals surface area (Å²) >= 11 is 0. The van der Waals surface area contributed by atoms with Crippen molar-refractivity contribution in [2.45, 2.75) is 25.4 Å². The van der Waals surface area contributed by atoms with Gasteiger partial charge >= 0.3 is 0 Å². The summed E-state index contributed by atoms with van der Waals surface area (Å²) in [5.74, 6) is 0.944. The first-order valence-electron chi connectivity index (χ1n) is 10.6. The molecule has 4 rings (SSSR count). The summed E-state index contributed by atoms with van der Waals surface area (Å²) < 4.78 is 5.49. The lowest BCUT2D eigenvalue weighted by Gasteiger charge is -2.37. The number of piperazine rings is 1. The SMILES string of the molecule is CCOc1ccc(C2CC(C(=O)N3CCN(c4ccc([N+](=O)[O-])cc4)CC3)NN2)cc1. The summed E-state index contributed by atoms with van der Waals surface area (Å²) in [4.78, 5) is 27.4. The maximum absolute atomic E-state index is 13.0. The lowest BCUT2D eigenvalue weighted by atomic mass is 10.0. The van der Waals surface area contributed by atoms with Crippen molar-refractivity contribution in [1.29, 1.82) is 0 Å². The van der Waals surface area contributed by atoms with Gasteiger partial charge in [-0.1, -0.05) is 12.1 Å². The Bertz CT molecular complexity index is 911. The van der Waals surface area contributed by atoms with Crippen LogP contribution in [0.3, 0.4) is 0 Å². The zero-order chi connectivity index (χ0) is 21.8. The largest absolute Gasteiger partial charge is 0.494 e. The zero-order valence-electron chi connectivity index (χ0n) is 17.5. The molecule has 2 saturated heterocycles. The number of anilines is 1. The van der Waals surface area contributed by atoms with E-state index in [1.165, 1.54) is 12.1 Å². The van der Waals surface area contributed by atoms with Gasteiger partial charge in [0.1, 0.15) is 11.8 Å². The van der Waals surface area contributed by atoms with E-state index in [-0.39, 0.29) is 23.7 Å². The number of carbonyl (C=O) groups is 1. The summed E-state index contributed by atoms with van der Waals surface area (Å²) in [6.07, 6.45) is 0.690. The highest BCUT2D eigenvalue weighted by Crippen LogP contribution is 2.26. The average Bonchev–Trinajstić information content (AvgIpc) is 3.30. The lowest BCUT2D eigenvalue weighted by molar-refractivity contribution is -0.384. The van der Waals surface area contributed by atoms with E-state index < -0.39 is 4.92 Å². The Kier molecular flexibility index (Phi) is 6.34. The Morgan fingerprint density at radius 3 is 2.35 bits per heavy atom. The van der Waals surface area contributed by atoms with Crippen molar-refractivity contribution < 1.29 is 14.5 Å². The number of hydrogen-bond donors (Lipinski definition) is 2. The number of hydrazine groups is 1. The molecule has 9 heteroatoms. The molecule has 2 aliphatic rings. The first-order chi connectivity index (χ1) is 15.0. The molecule has 2 N–H and O–H groups in total. The molecule has 2 aromatic rings. The van der Waals surface area contributed by atoms with Gasteiger partial charge in [0.2, 0.25) is 5.91 Å². The van der Waals surface area contributed by atoms with E-state index in [4.69, 9.17) is 4.74 Å². The maximum Gasteiger partial charge on any atom is 0.269 e. The van der Waals surface area contributed by atoms with Crippen molar-refractivity contribution >= 4 is 17.3 Å². The van der Waals surface area contributed by atoms with Gasteiger partial charge in [0.15, 0.2) is 0 Å². The second kappa shape index (κ2) is 9.32. The van der Waals surface area contributed by atoms with Crippen molar-refractivity contribution in [3.8, 4) is 5.75 Å². The summed E-state index contributed by atoms with van der Waals surface area (Å²) in [5.41, 5.74) is 8.53. The Morgan fingerprint density at radius 2 is 1.74 bits per heavy atom. The fraction of sp³-hybridized carbons (Fsp3) is 0.409. The summed E-state index contributed by atoms with van der Waals surface area (Å²) in [6.45, 7) is 5.25. The summed E-state index contributed by atoms with van der Waals surface area (Å²) in [6, 6.07) is 14.3. The van der Waals surface area contributed by atoms with Crippen LogP contribution in [0.15, 0.2) is 48.5 Å². The Labute approximate surface area is 181 Å². The van der Waals surface area contributed by atoms with Gasteiger partial charge < -0.3 is 14.5 Å². The van der Waals surface area contributed by atoms with Crippen LogP contribution in [-0.4, -0.2) is 54.6 Å². The molecular formula is C22H27N5O4. The number of benzene rings is 2. The molecule has 0 spiro atoms. The van der Waals surface area contributed by atoms with Gasteiger partial charge in [-0.3, -0.25) is 14.9 Å². The Hall–Kier alpha value is -3.17. The number of nitro groups is 1. The number of nitrogens with one attached hydrogen (secondary N) is 2. The van der Waals surface area contributed by atoms with E-state index in [9.17, 15) is 14.9 Å². The molecule has 0 radical (unpaired) electrons. The van der Waals surface area contributed by atoms with Gasteiger partial charge in [-0.25, -0.2) is 10.9 Å². The summed E-state index contributed by atoms with van der Waals surface area (Å²) in [7, 11) is 0. The van der Waals surface area contributed by atoms with Crippen LogP contribution < -0.4 is 20.5 Å². The second-order valence-corrected chi connectivity index (χ2v) is 7.72. The molecule has 0 saturated carbocycles. The van der Waals surface area contributed by atoms with E-state index in [1.807, 2.05) is 36.1 Å². The van der Waals surface area contributed by atoms with Crippen LogP contribution in [0.1, 0.15) is 24.9 Å². The van der Waals surface area contributed by atoms with Gasteiger partial charge in [0.05, 0.1) is 11.5 Å². The smallest absolute Gasteiger partial charge is 0.269 e. The molecule has 0 bridgehead atoms. The van der Waals surface area contributed by atoms with Crippen molar-refractivity contribution in [1.82, 2.24) is 15.8 Å².